The van der Waals surface area contributed by atoms with E-state index in [2.05, 4.69) is 5.16 Å². The van der Waals surface area contributed by atoms with Gasteiger partial charge in [0, 0.05) is 17.5 Å². The van der Waals surface area contributed by atoms with Crippen molar-refractivity contribution in [2.24, 2.45) is 0 Å². The van der Waals surface area contributed by atoms with Gasteiger partial charge in [0.05, 0.1) is 0 Å². The van der Waals surface area contributed by atoms with Crippen LogP contribution in [0.1, 0.15) is 47.7 Å². The summed E-state index contributed by atoms with van der Waals surface area (Å²) in [5, 5.41) is 13.2. The largest absolute Gasteiger partial charge is 0.477 e. The lowest BCUT2D eigenvalue weighted by atomic mass is 9.97. The number of aromatic carboxylic acids is 1. The van der Waals surface area contributed by atoms with Crippen molar-refractivity contribution in [3.05, 3.63) is 41.2 Å². The Morgan fingerprint density at radius 3 is 2.38 bits per heavy atom. The van der Waals surface area contributed by atoms with Gasteiger partial charge in [-0.05, 0) is 25.0 Å². The molecule has 0 radical (unpaired) electrons. The summed E-state index contributed by atoms with van der Waals surface area (Å²) < 4.78 is 31.8. The zero-order valence-electron chi connectivity index (χ0n) is 11.1. The van der Waals surface area contributed by atoms with Gasteiger partial charge in [-0.1, -0.05) is 18.0 Å². The van der Waals surface area contributed by atoms with E-state index in [9.17, 15) is 18.7 Å². The number of hydrogen-bond donors (Lipinski definition) is 1. The summed E-state index contributed by atoms with van der Waals surface area (Å²) in [6.07, 6.45) is 3.70. The fraction of sp³-hybridized carbons (Fsp3) is 0.333. The van der Waals surface area contributed by atoms with E-state index in [1.807, 2.05) is 0 Å². The first-order valence-electron chi connectivity index (χ1n) is 6.75. The molecule has 0 bridgehead atoms. The highest BCUT2D eigenvalue weighted by atomic mass is 19.1. The van der Waals surface area contributed by atoms with Crippen molar-refractivity contribution in [2.75, 3.05) is 0 Å². The quantitative estimate of drug-likeness (QED) is 0.929. The molecule has 2 aromatic rings. The standard InChI is InChI=1S/C15H13F2NO3/c16-10-5-9(6-11(17)7-10)13-12(15(19)20)14(21-18-13)8-3-1-2-4-8/h5-8H,1-4H2,(H,19,20). The van der Waals surface area contributed by atoms with Gasteiger partial charge in [-0.2, -0.15) is 0 Å². The average molecular weight is 293 g/mol. The molecule has 1 aliphatic rings. The fourth-order valence-electron chi connectivity index (χ4n) is 2.86. The van der Waals surface area contributed by atoms with Gasteiger partial charge in [0.1, 0.15) is 22.9 Å². The number of rotatable bonds is 3. The van der Waals surface area contributed by atoms with Crippen molar-refractivity contribution in [1.82, 2.24) is 5.16 Å². The number of nitrogens with zero attached hydrogens (tertiary/aromatic N) is 1. The van der Waals surface area contributed by atoms with Crippen molar-refractivity contribution in [2.45, 2.75) is 31.6 Å². The van der Waals surface area contributed by atoms with Crippen LogP contribution in [-0.2, 0) is 0 Å². The molecule has 1 heterocycles. The Hall–Kier alpha value is -2.24. The van der Waals surface area contributed by atoms with Crippen molar-refractivity contribution in [3.8, 4) is 11.3 Å². The molecule has 0 atom stereocenters. The van der Waals surface area contributed by atoms with E-state index in [0.29, 0.717) is 5.76 Å². The van der Waals surface area contributed by atoms with Crippen molar-refractivity contribution < 1.29 is 23.2 Å². The number of carboxylic acid groups (broad SMARTS) is 1. The molecule has 6 heteroatoms. The fourth-order valence-corrected chi connectivity index (χ4v) is 2.86. The molecule has 110 valence electrons. The molecule has 1 N–H and O–H groups in total. The molecule has 1 aromatic carbocycles. The first-order chi connectivity index (χ1) is 10.1. The predicted molar refractivity (Wildman–Crippen MR) is 70.0 cm³/mol. The van der Waals surface area contributed by atoms with E-state index in [0.717, 1.165) is 43.9 Å². The molecule has 1 saturated carbocycles. The van der Waals surface area contributed by atoms with Crippen LogP contribution in [0.25, 0.3) is 11.3 Å². The van der Waals surface area contributed by atoms with Gasteiger partial charge in [0.2, 0.25) is 0 Å². The van der Waals surface area contributed by atoms with Crippen LogP contribution in [0, 0.1) is 11.6 Å². The third-order valence-electron chi connectivity index (χ3n) is 3.79. The van der Waals surface area contributed by atoms with Gasteiger partial charge in [-0.15, -0.1) is 0 Å². The van der Waals surface area contributed by atoms with Gasteiger partial charge < -0.3 is 9.63 Å². The zero-order valence-corrected chi connectivity index (χ0v) is 11.1. The molecular formula is C15H13F2NO3. The second-order valence-corrected chi connectivity index (χ2v) is 5.22. The molecule has 1 aliphatic carbocycles. The summed E-state index contributed by atoms with van der Waals surface area (Å²) in [5.74, 6) is -2.45. The third-order valence-corrected chi connectivity index (χ3v) is 3.79. The lowest BCUT2D eigenvalue weighted by Gasteiger charge is -2.05. The highest BCUT2D eigenvalue weighted by molar-refractivity contribution is 5.96. The van der Waals surface area contributed by atoms with Crippen LogP contribution in [0.5, 0.6) is 0 Å². The van der Waals surface area contributed by atoms with Gasteiger partial charge in [0.15, 0.2) is 5.76 Å². The molecule has 0 aliphatic heterocycles. The summed E-state index contributed by atoms with van der Waals surface area (Å²) in [4.78, 5) is 11.5. The number of aromatic nitrogens is 1. The van der Waals surface area contributed by atoms with E-state index in [4.69, 9.17) is 4.52 Å². The van der Waals surface area contributed by atoms with Crippen LogP contribution < -0.4 is 0 Å². The summed E-state index contributed by atoms with van der Waals surface area (Å²) in [5.41, 5.74) is -0.0485. The van der Waals surface area contributed by atoms with Gasteiger partial charge in [-0.3, -0.25) is 0 Å². The minimum Gasteiger partial charge on any atom is -0.477 e. The van der Waals surface area contributed by atoms with Gasteiger partial charge in [0.25, 0.3) is 0 Å². The molecule has 0 spiro atoms. The lowest BCUT2D eigenvalue weighted by molar-refractivity contribution is 0.0694. The minimum atomic E-state index is -1.20. The number of carbonyl (C=O) groups is 1. The predicted octanol–water partition coefficient (Wildman–Crippen LogP) is 3.98. The van der Waals surface area contributed by atoms with Crippen LogP contribution in [0.2, 0.25) is 0 Å². The monoisotopic (exact) mass is 293 g/mol. The maximum Gasteiger partial charge on any atom is 0.341 e. The number of halogens is 2. The maximum absolute atomic E-state index is 13.3. The SMILES string of the molecule is O=C(O)c1c(-c2cc(F)cc(F)c2)noc1C1CCCC1. The Morgan fingerprint density at radius 1 is 1.19 bits per heavy atom. The molecule has 0 saturated heterocycles. The van der Waals surface area contributed by atoms with Gasteiger partial charge >= 0.3 is 5.97 Å². The molecule has 1 aromatic heterocycles. The second-order valence-electron chi connectivity index (χ2n) is 5.22. The Morgan fingerprint density at radius 2 is 1.81 bits per heavy atom. The van der Waals surface area contributed by atoms with Crippen molar-refractivity contribution in [3.63, 3.8) is 0 Å². The second kappa shape index (κ2) is 5.27. The molecule has 4 nitrogen and oxygen atoms in total. The van der Waals surface area contributed by atoms with E-state index in [-0.39, 0.29) is 22.7 Å². The van der Waals surface area contributed by atoms with Crippen LogP contribution in [-0.4, -0.2) is 16.2 Å². The average Bonchev–Trinajstić information content (AvgIpc) is 3.06. The van der Waals surface area contributed by atoms with E-state index in [1.54, 1.807) is 0 Å². The Balaban J connectivity index is 2.12. The van der Waals surface area contributed by atoms with Crippen LogP contribution in [0.15, 0.2) is 22.7 Å². The highest BCUT2D eigenvalue weighted by Crippen LogP contribution is 2.39. The van der Waals surface area contributed by atoms with E-state index in [1.165, 1.54) is 0 Å². The van der Waals surface area contributed by atoms with Gasteiger partial charge in [-0.25, -0.2) is 13.6 Å². The Labute approximate surface area is 119 Å². The number of hydrogen-bond acceptors (Lipinski definition) is 3. The molecule has 1 fully saturated rings. The lowest BCUT2D eigenvalue weighted by Crippen LogP contribution is -2.04. The van der Waals surface area contributed by atoms with Crippen molar-refractivity contribution >= 4 is 5.97 Å². The minimum absolute atomic E-state index is 0.00996. The van der Waals surface area contributed by atoms with Crippen LogP contribution in [0.3, 0.4) is 0 Å². The van der Waals surface area contributed by atoms with E-state index >= 15 is 0 Å². The Kier molecular flexibility index (Phi) is 3.45. The number of carboxylic acids is 1. The number of benzene rings is 1. The topological polar surface area (TPSA) is 63.3 Å². The third kappa shape index (κ3) is 2.53. The summed E-state index contributed by atoms with van der Waals surface area (Å²) in [6, 6.07) is 2.82. The normalized spacial score (nSPS) is 15.5. The van der Waals surface area contributed by atoms with E-state index < -0.39 is 17.6 Å². The van der Waals surface area contributed by atoms with Crippen LogP contribution >= 0.6 is 0 Å². The molecule has 0 unspecified atom stereocenters. The van der Waals surface area contributed by atoms with Crippen LogP contribution in [0.4, 0.5) is 8.78 Å². The summed E-state index contributed by atoms with van der Waals surface area (Å²) in [6.45, 7) is 0. The summed E-state index contributed by atoms with van der Waals surface area (Å²) >= 11 is 0. The summed E-state index contributed by atoms with van der Waals surface area (Å²) in [7, 11) is 0. The smallest absolute Gasteiger partial charge is 0.341 e. The highest BCUT2D eigenvalue weighted by Gasteiger charge is 2.31. The zero-order chi connectivity index (χ0) is 15.0. The molecule has 21 heavy (non-hydrogen) atoms. The Bertz CT molecular complexity index is 670. The maximum atomic E-state index is 13.3. The van der Waals surface area contributed by atoms with Crippen molar-refractivity contribution in [1.29, 1.82) is 0 Å². The molecular weight excluding hydrogens is 280 g/mol. The molecule has 0 amide bonds. The first kappa shape index (κ1) is 13.7. The molecule has 3 rings (SSSR count). The first-order valence-corrected chi connectivity index (χ1v) is 6.75.